The minimum Gasteiger partial charge on any atom is -0.483 e. The maximum atomic E-state index is 12.5. The summed E-state index contributed by atoms with van der Waals surface area (Å²) in [4.78, 5) is 26.2. The van der Waals surface area contributed by atoms with Crippen molar-refractivity contribution in [2.24, 2.45) is 0 Å². The van der Waals surface area contributed by atoms with Crippen molar-refractivity contribution in [3.63, 3.8) is 0 Å². The van der Waals surface area contributed by atoms with Gasteiger partial charge in [-0.3, -0.25) is 9.59 Å². The summed E-state index contributed by atoms with van der Waals surface area (Å²) >= 11 is 0. The van der Waals surface area contributed by atoms with Crippen LogP contribution in [0.1, 0.15) is 18.1 Å². The van der Waals surface area contributed by atoms with Gasteiger partial charge < -0.3 is 15.0 Å². The van der Waals surface area contributed by atoms with Crippen LogP contribution in [0, 0.1) is 0 Å². The van der Waals surface area contributed by atoms with Gasteiger partial charge in [0.05, 0.1) is 11.5 Å². The maximum Gasteiger partial charge on any atom is 0.258 e. The predicted octanol–water partition coefficient (Wildman–Crippen LogP) is 1.42. The quantitative estimate of drug-likeness (QED) is 0.717. The van der Waals surface area contributed by atoms with Crippen LogP contribution in [0.5, 0.6) is 5.75 Å². The third-order valence-electron chi connectivity index (χ3n) is 4.97. The maximum absolute atomic E-state index is 12.5. The number of nitrogens with one attached hydrogen (secondary N) is 1. The third kappa shape index (κ3) is 6.06. The second-order valence-corrected chi connectivity index (χ2v) is 9.63. The molecule has 1 N–H and O–H groups in total. The summed E-state index contributed by atoms with van der Waals surface area (Å²) < 4.78 is 28.7. The van der Waals surface area contributed by atoms with Gasteiger partial charge in [0.2, 0.25) is 5.91 Å². The fourth-order valence-corrected chi connectivity index (χ4v) is 4.50. The van der Waals surface area contributed by atoms with E-state index in [1.807, 2.05) is 54.6 Å². The lowest BCUT2D eigenvalue weighted by atomic mass is 10.0. The summed E-state index contributed by atoms with van der Waals surface area (Å²) in [6.07, 6.45) is 0.686. The fourth-order valence-electron chi connectivity index (χ4n) is 3.30. The van der Waals surface area contributed by atoms with Crippen LogP contribution in [0.3, 0.4) is 0 Å². The van der Waals surface area contributed by atoms with Crippen LogP contribution in [0.4, 0.5) is 0 Å². The summed E-state index contributed by atoms with van der Waals surface area (Å²) in [5.74, 6) is -0.157. The highest BCUT2D eigenvalue weighted by atomic mass is 32.2. The summed E-state index contributed by atoms with van der Waals surface area (Å²) in [6, 6.07) is 16.8. The van der Waals surface area contributed by atoms with E-state index in [0.29, 0.717) is 12.2 Å². The molecule has 1 heterocycles. The SMILES string of the molecule is CC(NC(=O)COc1ccccc1Cc1ccccc1)C(=O)N1CCS(=O)(=O)CC1. The van der Waals surface area contributed by atoms with Crippen LogP contribution in [0.15, 0.2) is 54.6 Å². The van der Waals surface area contributed by atoms with E-state index in [-0.39, 0.29) is 37.1 Å². The van der Waals surface area contributed by atoms with Gasteiger partial charge in [-0.15, -0.1) is 0 Å². The number of carbonyl (C=O) groups excluding carboxylic acids is 2. The number of sulfone groups is 1. The Morgan fingerprint density at radius 3 is 2.37 bits per heavy atom. The minimum atomic E-state index is -3.07. The number of hydrogen-bond donors (Lipinski definition) is 1. The Hall–Kier alpha value is -2.87. The summed E-state index contributed by atoms with van der Waals surface area (Å²) in [6.45, 7) is 1.69. The third-order valence-corrected chi connectivity index (χ3v) is 6.58. The first-order chi connectivity index (χ1) is 14.3. The highest BCUT2D eigenvalue weighted by Crippen LogP contribution is 2.21. The van der Waals surface area contributed by atoms with E-state index in [1.54, 1.807) is 6.92 Å². The number of amides is 2. The second kappa shape index (κ2) is 9.75. The highest BCUT2D eigenvalue weighted by Gasteiger charge is 2.28. The Morgan fingerprint density at radius 2 is 1.67 bits per heavy atom. The van der Waals surface area contributed by atoms with Crippen LogP contribution in [0.25, 0.3) is 0 Å². The molecular formula is C22H26N2O5S. The van der Waals surface area contributed by atoms with E-state index in [1.165, 1.54) is 4.90 Å². The van der Waals surface area contributed by atoms with Gasteiger partial charge in [0, 0.05) is 19.5 Å². The first-order valence-corrected chi connectivity index (χ1v) is 11.7. The zero-order valence-corrected chi connectivity index (χ0v) is 17.7. The summed E-state index contributed by atoms with van der Waals surface area (Å²) in [5, 5.41) is 2.63. The lowest BCUT2D eigenvalue weighted by molar-refractivity contribution is -0.136. The monoisotopic (exact) mass is 430 g/mol. The number of hydrogen-bond acceptors (Lipinski definition) is 5. The number of para-hydroxylation sites is 1. The molecule has 0 spiro atoms. The average Bonchev–Trinajstić information content (AvgIpc) is 2.73. The number of nitrogens with zero attached hydrogens (tertiary/aromatic N) is 1. The van der Waals surface area contributed by atoms with Crippen LogP contribution in [-0.2, 0) is 25.8 Å². The number of ether oxygens (including phenoxy) is 1. The summed E-state index contributed by atoms with van der Waals surface area (Å²) in [5.41, 5.74) is 2.11. The molecule has 0 radical (unpaired) electrons. The minimum absolute atomic E-state index is 0.0410. The molecule has 1 aliphatic heterocycles. The topological polar surface area (TPSA) is 92.8 Å². The Bertz CT molecular complexity index is 978. The average molecular weight is 431 g/mol. The zero-order chi connectivity index (χ0) is 21.6. The highest BCUT2D eigenvalue weighted by molar-refractivity contribution is 7.91. The van der Waals surface area contributed by atoms with Gasteiger partial charge in [0.15, 0.2) is 16.4 Å². The molecule has 0 aromatic heterocycles. The molecule has 8 heteroatoms. The smallest absolute Gasteiger partial charge is 0.258 e. The first-order valence-electron chi connectivity index (χ1n) is 9.87. The van der Waals surface area contributed by atoms with Gasteiger partial charge in [0.25, 0.3) is 5.91 Å². The Morgan fingerprint density at radius 1 is 1.03 bits per heavy atom. The van der Waals surface area contributed by atoms with Gasteiger partial charge in [-0.1, -0.05) is 48.5 Å². The second-order valence-electron chi connectivity index (χ2n) is 7.33. The Kier molecular flexibility index (Phi) is 7.10. The Balaban J connectivity index is 1.52. The Labute approximate surface area is 177 Å². The molecule has 1 atom stereocenters. The van der Waals surface area contributed by atoms with Crippen molar-refractivity contribution in [3.8, 4) is 5.75 Å². The van der Waals surface area contributed by atoms with Crippen molar-refractivity contribution >= 4 is 21.7 Å². The molecule has 1 aliphatic rings. The van der Waals surface area contributed by atoms with Gasteiger partial charge in [-0.05, 0) is 24.1 Å². The lowest BCUT2D eigenvalue weighted by Gasteiger charge is -2.29. The number of carbonyl (C=O) groups is 2. The fraction of sp³-hybridized carbons (Fsp3) is 0.364. The molecule has 30 heavy (non-hydrogen) atoms. The van der Waals surface area contributed by atoms with Crippen LogP contribution in [0.2, 0.25) is 0 Å². The molecule has 160 valence electrons. The standard InChI is InChI=1S/C22H26N2O5S/c1-17(22(26)24-11-13-30(27,28)14-12-24)23-21(25)16-29-20-10-6-5-9-19(20)15-18-7-3-2-4-8-18/h2-10,17H,11-16H2,1H3,(H,23,25). The van der Waals surface area contributed by atoms with Crippen LogP contribution in [-0.4, -0.2) is 62.4 Å². The van der Waals surface area contributed by atoms with Crippen LogP contribution >= 0.6 is 0 Å². The first kappa shape index (κ1) is 21.8. The van der Waals surface area contributed by atoms with E-state index < -0.39 is 21.8 Å². The molecule has 0 saturated carbocycles. The lowest BCUT2D eigenvalue weighted by Crippen LogP contribution is -2.52. The molecular weight excluding hydrogens is 404 g/mol. The van der Waals surface area contributed by atoms with E-state index in [2.05, 4.69) is 5.32 Å². The number of rotatable bonds is 7. The molecule has 3 rings (SSSR count). The molecule has 2 aromatic rings. The molecule has 1 fully saturated rings. The molecule has 2 aromatic carbocycles. The van der Waals surface area contributed by atoms with Crippen LogP contribution < -0.4 is 10.1 Å². The van der Waals surface area contributed by atoms with Crippen molar-refractivity contribution < 1.29 is 22.7 Å². The van der Waals surface area contributed by atoms with E-state index in [9.17, 15) is 18.0 Å². The van der Waals surface area contributed by atoms with Crippen molar-refractivity contribution in [3.05, 3.63) is 65.7 Å². The van der Waals surface area contributed by atoms with Crippen molar-refractivity contribution in [2.75, 3.05) is 31.2 Å². The van der Waals surface area contributed by atoms with Gasteiger partial charge >= 0.3 is 0 Å². The normalized spacial score (nSPS) is 16.5. The predicted molar refractivity (Wildman–Crippen MR) is 114 cm³/mol. The van der Waals surface area contributed by atoms with Crippen molar-refractivity contribution in [2.45, 2.75) is 19.4 Å². The molecule has 2 amide bonds. The largest absolute Gasteiger partial charge is 0.483 e. The molecule has 7 nitrogen and oxygen atoms in total. The van der Waals surface area contributed by atoms with Crippen molar-refractivity contribution in [1.82, 2.24) is 10.2 Å². The van der Waals surface area contributed by atoms with E-state index in [4.69, 9.17) is 4.74 Å². The van der Waals surface area contributed by atoms with Gasteiger partial charge in [0.1, 0.15) is 11.8 Å². The van der Waals surface area contributed by atoms with E-state index >= 15 is 0 Å². The zero-order valence-electron chi connectivity index (χ0n) is 16.9. The molecule has 0 aliphatic carbocycles. The van der Waals surface area contributed by atoms with Gasteiger partial charge in [-0.2, -0.15) is 0 Å². The molecule has 1 unspecified atom stereocenters. The number of benzene rings is 2. The molecule has 0 bridgehead atoms. The van der Waals surface area contributed by atoms with Crippen molar-refractivity contribution in [1.29, 1.82) is 0 Å². The van der Waals surface area contributed by atoms with E-state index in [0.717, 1.165) is 11.1 Å². The summed E-state index contributed by atoms with van der Waals surface area (Å²) in [7, 11) is -3.07. The van der Waals surface area contributed by atoms with Gasteiger partial charge in [-0.25, -0.2) is 8.42 Å². The molecule has 1 saturated heterocycles.